The molecule has 0 saturated heterocycles. The number of carbonyl (C=O) groups excluding carboxylic acids is 1. The molecule has 0 aliphatic heterocycles. The maximum absolute atomic E-state index is 12.0. The second kappa shape index (κ2) is 5.90. The van der Waals surface area contributed by atoms with E-state index in [1.807, 2.05) is 13.8 Å². The van der Waals surface area contributed by atoms with Crippen LogP contribution < -0.4 is 0 Å². The highest BCUT2D eigenvalue weighted by atomic mass is 35.5. The average molecular weight is 280 g/mol. The summed E-state index contributed by atoms with van der Waals surface area (Å²) in [5, 5.41) is 1.09. The van der Waals surface area contributed by atoms with E-state index in [0.717, 1.165) is 6.42 Å². The Bertz CT molecular complexity index is 378. The van der Waals surface area contributed by atoms with Gasteiger partial charge in [0, 0.05) is 11.4 Å². The predicted molar refractivity (Wildman–Crippen MR) is 69.9 cm³/mol. The normalized spacial score (nSPS) is 12.6. The molecule has 1 aromatic rings. The number of benzene rings is 1. The molecular formula is C12H13Cl3O. The molecule has 1 aromatic carbocycles. The molecule has 16 heavy (non-hydrogen) atoms. The van der Waals surface area contributed by atoms with Gasteiger partial charge in [0.05, 0.1) is 15.6 Å². The lowest BCUT2D eigenvalue weighted by molar-refractivity contribution is 0.0964. The smallest absolute Gasteiger partial charge is 0.166 e. The van der Waals surface area contributed by atoms with Gasteiger partial charge < -0.3 is 0 Å². The van der Waals surface area contributed by atoms with Crippen molar-refractivity contribution in [2.45, 2.75) is 26.7 Å². The second-order valence-electron chi connectivity index (χ2n) is 3.89. The first kappa shape index (κ1) is 13.8. The lowest BCUT2D eigenvalue weighted by Crippen LogP contribution is -2.06. The molecule has 1 rings (SSSR count). The van der Waals surface area contributed by atoms with Gasteiger partial charge in [0.2, 0.25) is 0 Å². The largest absolute Gasteiger partial charge is 0.294 e. The fourth-order valence-electron chi connectivity index (χ4n) is 1.37. The average Bonchev–Trinajstić information content (AvgIpc) is 2.15. The first-order valence-electron chi connectivity index (χ1n) is 5.13. The number of rotatable bonds is 4. The predicted octanol–water partition coefficient (Wildman–Crippen LogP) is 5.27. The molecule has 0 aliphatic carbocycles. The zero-order valence-electron chi connectivity index (χ0n) is 9.19. The van der Waals surface area contributed by atoms with E-state index in [9.17, 15) is 4.79 Å². The fraction of sp³-hybridized carbons (Fsp3) is 0.417. The Morgan fingerprint density at radius 1 is 1.25 bits per heavy atom. The van der Waals surface area contributed by atoms with Gasteiger partial charge in [-0.3, -0.25) is 4.79 Å². The minimum Gasteiger partial charge on any atom is -0.294 e. The first-order valence-corrected chi connectivity index (χ1v) is 6.26. The van der Waals surface area contributed by atoms with Gasteiger partial charge in [-0.15, -0.1) is 0 Å². The van der Waals surface area contributed by atoms with Crippen molar-refractivity contribution in [3.05, 3.63) is 32.8 Å². The monoisotopic (exact) mass is 278 g/mol. The minimum atomic E-state index is -0.0268. The molecule has 0 bridgehead atoms. The van der Waals surface area contributed by atoms with Crippen LogP contribution in [0.4, 0.5) is 0 Å². The van der Waals surface area contributed by atoms with E-state index in [2.05, 4.69) is 0 Å². The van der Waals surface area contributed by atoms with Gasteiger partial charge in [-0.1, -0.05) is 55.1 Å². The van der Waals surface area contributed by atoms with Crippen molar-refractivity contribution in [2.24, 2.45) is 5.92 Å². The first-order chi connectivity index (χ1) is 7.45. The van der Waals surface area contributed by atoms with E-state index in [4.69, 9.17) is 34.8 Å². The van der Waals surface area contributed by atoms with Crippen molar-refractivity contribution in [2.75, 3.05) is 0 Å². The summed E-state index contributed by atoms with van der Waals surface area (Å²) in [5.74, 6) is 0.302. The van der Waals surface area contributed by atoms with Crippen LogP contribution in [-0.2, 0) is 0 Å². The lowest BCUT2D eigenvalue weighted by atomic mass is 9.98. The van der Waals surface area contributed by atoms with Crippen molar-refractivity contribution in [1.82, 2.24) is 0 Å². The molecule has 88 valence electrons. The summed E-state index contributed by atoms with van der Waals surface area (Å²) >= 11 is 17.7. The Kier molecular flexibility index (Phi) is 5.10. The summed E-state index contributed by atoms with van der Waals surface area (Å²) in [5.41, 5.74) is 0.382. The Morgan fingerprint density at radius 3 is 2.19 bits per heavy atom. The third-order valence-corrected chi connectivity index (χ3v) is 3.33. The minimum absolute atomic E-state index is 0.0268. The van der Waals surface area contributed by atoms with E-state index in [1.165, 1.54) is 0 Å². The van der Waals surface area contributed by atoms with E-state index in [0.29, 0.717) is 33.0 Å². The van der Waals surface area contributed by atoms with Gasteiger partial charge in [0.1, 0.15) is 0 Å². The number of hydrogen-bond acceptors (Lipinski definition) is 1. The summed E-state index contributed by atoms with van der Waals surface area (Å²) < 4.78 is 0. The fourth-order valence-corrected chi connectivity index (χ4v) is 2.40. The van der Waals surface area contributed by atoms with Crippen LogP contribution in [0.1, 0.15) is 37.0 Å². The zero-order chi connectivity index (χ0) is 12.3. The van der Waals surface area contributed by atoms with E-state index >= 15 is 0 Å². The maximum atomic E-state index is 12.0. The van der Waals surface area contributed by atoms with E-state index in [-0.39, 0.29) is 5.78 Å². The Labute approximate surface area is 111 Å². The summed E-state index contributed by atoms with van der Waals surface area (Å²) in [6, 6.07) is 3.08. The van der Waals surface area contributed by atoms with Crippen LogP contribution in [0.15, 0.2) is 12.1 Å². The van der Waals surface area contributed by atoms with Gasteiger partial charge in [-0.25, -0.2) is 0 Å². The number of halogens is 3. The molecule has 0 fully saturated rings. The van der Waals surface area contributed by atoms with Crippen LogP contribution in [-0.4, -0.2) is 5.78 Å². The molecule has 0 aromatic heterocycles. The topological polar surface area (TPSA) is 17.1 Å². The number of Topliss-reactive ketones (excluding diaryl/α,β-unsaturated/α-hetero) is 1. The van der Waals surface area contributed by atoms with Crippen LogP contribution >= 0.6 is 34.8 Å². The van der Waals surface area contributed by atoms with Crippen molar-refractivity contribution in [3.63, 3.8) is 0 Å². The molecule has 0 spiro atoms. The highest BCUT2D eigenvalue weighted by Crippen LogP contribution is 2.30. The highest BCUT2D eigenvalue weighted by Gasteiger charge is 2.17. The Balaban J connectivity index is 3.00. The molecule has 4 heteroatoms. The molecular weight excluding hydrogens is 266 g/mol. The molecule has 0 radical (unpaired) electrons. The van der Waals surface area contributed by atoms with Crippen molar-refractivity contribution >= 4 is 40.6 Å². The van der Waals surface area contributed by atoms with Crippen molar-refractivity contribution in [3.8, 4) is 0 Å². The van der Waals surface area contributed by atoms with Gasteiger partial charge in [0.15, 0.2) is 5.78 Å². The molecule has 0 heterocycles. The molecule has 0 aliphatic rings. The second-order valence-corrected chi connectivity index (χ2v) is 5.14. The van der Waals surface area contributed by atoms with Crippen LogP contribution in [0, 0.1) is 5.92 Å². The van der Waals surface area contributed by atoms with Crippen molar-refractivity contribution in [1.29, 1.82) is 0 Å². The quantitative estimate of drug-likeness (QED) is 0.687. The Hall–Kier alpha value is -0.240. The molecule has 1 nitrogen and oxygen atoms in total. The number of hydrogen-bond donors (Lipinski definition) is 0. The van der Waals surface area contributed by atoms with Crippen molar-refractivity contribution < 1.29 is 4.79 Å². The molecule has 1 unspecified atom stereocenters. The van der Waals surface area contributed by atoms with Gasteiger partial charge in [-0.05, 0) is 18.1 Å². The summed E-state index contributed by atoms with van der Waals surface area (Å²) in [4.78, 5) is 12.0. The SMILES string of the molecule is CCC(C)CC(=O)c1c(Cl)cc(Cl)cc1Cl. The van der Waals surface area contributed by atoms with Crippen LogP contribution in [0.5, 0.6) is 0 Å². The van der Waals surface area contributed by atoms with Crippen LogP contribution in [0.3, 0.4) is 0 Å². The van der Waals surface area contributed by atoms with Gasteiger partial charge in [0.25, 0.3) is 0 Å². The maximum Gasteiger partial charge on any atom is 0.166 e. The summed E-state index contributed by atoms with van der Waals surface area (Å²) in [6.45, 7) is 4.07. The zero-order valence-corrected chi connectivity index (χ0v) is 11.5. The molecule has 1 atom stereocenters. The van der Waals surface area contributed by atoms with E-state index < -0.39 is 0 Å². The summed E-state index contributed by atoms with van der Waals surface area (Å²) in [6.07, 6.45) is 1.41. The number of ketones is 1. The third-order valence-electron chi connectivity index (χ3n) is 2.52. The molecule has 0 saturated carbocycles. The van der Waals surface area contributed by atoms with Crippen LogP contribution in [0.2, 0.25) is 15.1 Å². The Morgan fingerprint density at radius 2 is 1.75 bits per heavy atom. The third kappa shape index (κ3) is 3.38. The van der Waals surface area contributed by atoms with Gasteiger partial charge >= 0.3 is 0 Å². The number of carbonyl (C=O) groups is 1. The lowest BCUT2D eigenvalue weighted by Gasteiger charge is -2.10. The van der Waals surface area contributed by atoms with Crippen LogP contribution in [0.25, 0.3) is 0 Å². The standard InChI is InChI=1S/C12H13Cl3O/c1-3-7(2)4-11(16)12-9(14)5-8(13)6-10(12)15/h5-7H,3-4H2,1-2H3. The highest BCUT2D eigenvalue weighted by molar-refractivity contribution is 6.42. The molecule has 0 N–H and O–H groups in total. The summed E-state index contributed by atoms with van der Waals surface area (Å²) in [7, 11) is 0. The van der Waals surface area contributed by atoms with Gasteiger partial charge in [-0.2, -0.15) is 0 Å². The van der Waals surface area contributed by atoms with E-state index in [1.54, 1.807) is 12.1 Å². The molecule has 0 amide bonds.